The summed E-state index contributed by atoms with van der Waals surface area (Å²) in [5.41, 5.74) is 5.03. The maximum Gasteiger partial charge on any atom is 0.217 e. The predicted octanol–water partition coefficient (Wildman–Crippen LogP) is 6.00. The van der Waals surface area contributed by atoms with E-state index in [-0.39, 0.29) is 0 Å². The summed E-state index contributed by atoms with van der Waals surface area (Å²) in [6, 6.07) is 26.4. The van der Waals surface area contributed by atoms with Gasteiger partial charge in [0.25, 0.3) is 0 Å². The van der Waals surface area contributed by atoms with E-state index < -0.39 is 6.29 Å². The Hall–Kier alpha value is -4.33. The van der Waals surface area contributed by atoms with Gasteiger partial charge in [0.2, 0.25) is 6.29 Å². The highest BCUT2D eigenvalue weighted by atomic mass is 16.7. The van der Waals surface area contributed by atoms with Crippen molar-refractivity contribution >= 4 is 21.8 Å². The van der Waals surface area contributed by atoms with Crippen LogP contribution in [0.1, 0.15) is 17.6 Å². The number of furan rings is 1. The summed E-state index contributed by atoms with van der Waals surface area (Å²) in [6.07, 6.45) is 3.32. The summed E-state index contributed by atoms with van der Waals surface area (Å²) in [5.74, 6) is 2.09. The quantitative estimate of drug-likeness (QED) is 0.305. The summed E-state index contributed by atoms with van der Waals surface area (Å²) < 4.78 is 19.1. The lowest BCUT2D eigenvalue weighted by atomic mass is 10.1. The van der Waals surface area contributed by atoms with E-state index in [0.717, 1.165) is 45.2 Å². The van der Waals surface area contributed by atoms with Crippen molar-refractivity contribution in [1.29, 1.82) is 0 Å². The van der Waals surface area contributed by atoms with Gasteiger partial charge in [0, 0.05) is 28.1 Å². The Morgan fingerprint density at radius 3 is 2.56 bits per heavy atom. The van der Waals surface area contributed by atoms with Gasteiger partial charge in [0.15, 0.2) is 11.6 Å². The van der Waals surface area contributed by atoms with Crippen LogP contribution in [0.4, 0.5) is 0 Å². The molecule has 0 atom stereocenters. The zero-order valence-electron chi connectivity index (χ0n) is 19.4. The predicted molar refractivity (Wildman–Crippen MR) is 136 cm³/mol. The van der Waals surface area contributed by atoms with E-state index in [0.29, 0.717) is 24.8 Å². The molecule has 0 spiro atoms. The monoisotopic (exact) mass is 474 g/mol. The molecule has 1 saturated heterocycles. The number of hydrogen-bond acceptors (Lipinski definition) is 6. The third-order valence-electron chi connectivity index (χ3n) is 6.42. The van der Waals surface area contributed by atoms with Crippen molar-refractivity contribution in [2.45, 2.75) is 12.8 Å². The summed E-state index contributed by atoms with van der Waals surface area (Å²) in [5, 5.41) is 6.62. The molecule has 1 fully saturated rings. The van der Waals surface area contributed by atoms with Gasteiger partial charge in [-0.3, -0.25) is 4.68 Å². The molecule has 7 rings (SSSR count). The smallest absolute Gasteiger partial charge is 0.217 e. The first-order chi connectivity index (χ1) is 17.8. The number of benzene rings is 3. The van der Waals surface area contributed by atoms with E-state index in [2.05, 4.69) is 40.4 Å². The average molecular weight is 475 g/mol. The van der Waals surface area contributed by atoms with Crippen LogP contribution in [0.2, 0.25) is 0 Å². The molecule has 4 heterocycles. The third kappa shape index (κ3) is 3.84. The Morgan fingerprint density at radius 1 is 0.806 bits per heavy atom. The lowest BCUT2D eigenvalue weighted by Crippen LogP contribution is -2.00. The molecule has 0 unspecified atom stereocenters. The molecular formula is C29H22N4O3. The zero-order chi connectivity index (χ0) is 23.9. The van der Waals surface area contributed by atoms with Crippen LogP contribution in [0.3, 0.4) is 0 Å². The standard InChI is InChI=1S/C29H22N4O3/c1-2-4-19(5-3-1)18-33-25-9-8-21(14-23(25)17-31-33)28-30-16-22-7-6-20(15-24(22)32-28)26-10-11-27(36-26)29-34-12-13-35-29/h1-11,14-17,29H,12-13,18H2. The number of ether oxygens (including phenoxy) is 2. The van der Waals surface area contributed by atoms with Gasteiger partial charge in [-0.1, -0.05) is 42.5 Å². The molecule has 3 aromatic heterocycles. The SMILES string of the molecule is c1ccc(Cn2ncc3cc(-c4ncc5ccc(-c6ccc(C7OCCO7)o6)cc5n4)ccc32)cc1. The molecule has 1 aliphatic heterocycles. The van der Waals surface area contributed by atoms with Crippen molar-refractivity contribution in [2.75, 3.05) is 13.2 Å². The first-order valence-electron chi connectivity index (χ1n) is 11.9. The van der Waals surface area contributed by atoms with Crippen LogP contribution in [0.5, 0.6) is 0 Å². The highest BCUT2D eigenvalue weighted by Crippen LogP contribution is 2.31. The largest absolute Gasteiger partial charge is 0.456 e. The van der Waals surface area contributed by atoms with E-state index in [1.807, 2.05) is 65.6 Å². The molecule has 0 bridgehead atoms. The van der Waals surface area contributed by atoms with Crippen LogP contribution in [0, 0.1) is 0 Å². The second-order valence-corrected chi connectivity index (χ2v) is 8.80. The minimum Gasteiger partial charge on any atom is -0.456 e. The Labute approximate surface area is 206 Å². The summed E-state index contributed by atoms with van der Waals surface area (Å²) in [4.78, 5) is 9.49. The lowest BCUT2D eigenvalue weighted by Gasteiger charge is -2.07. The molecule has 3 aromatic carbocycles. The second kappa shape index (κ2) is 8.71. The molecule has 176 valence electrons. The number of hydrogen-bond donors (Lipinski definition) is 0. The molecule has 0 radical (unpaired) electrons. The van der Waals surface area contributed by atoms with E-state index >= 15 is 0 Å². The Bertz CT molecular complexity index is 1680. The first-order valence-corrected chi connectivity index (χ1v) is 11.9. The van der Waals surface area contributed by atoms with Gasteiger partial charge < -0.3 is 13.9 Å². The molecule has 36 heavy (non-hydrogen) atoms. The van der Waals surface area contributed by atoms with Crippen molar-refractivity contribution in [1.82, 2.24) is 19.7 Å². The average Bonchev–Trinajstić information content (AvgIpc) is 3.70. The molecule has 1 aliphatic rings. The summed E-state index contributed by atoms with van der Waals surface area (Å²) in [7, 11) is 0. The maximum absolute atomic E-state index is 6.01. The van der Waals surface area contributed by atoms with Gasteiger partial charge in [-0.25, -0.2) is 9.97 Å². The Kier molecular flexibility index (Phi) is 5.08. The zero-order valence-corrected chi connectivity index (χ0v) is 19.4. The topological polar surface area (TPSA) is 75.2 Å². The van der Waals surface area contributed by atoms with Crippen LogP contribution in [0.15, 0.2) is 95.7 Å². The van der Waals surface area contributed by atoms with E-state index in [4.69, 9.17) is 18.9 Å². The fourth-order valence-corrected chi connectivity index (χ4v) is 4.58. The van der Waals surface area contributed by atoms with Crippen LogP contribution in [-0.4, -0.2) is 33.0 Å². The molecule has 6 aromatic rings. The third-order valence-corrected chi connectivity index (χ3v) is 6.42. The van der Waals surface area contributed by atoms with Crippen molar-refractivity contribution in [2.24, 2.45) is 0 Å². The number of fused-ring (bicyclic) bond motifs is 2. The Morgan fingerprint density at radius 2 is 1.67 bits per heavy atom. The Balaban J connectivity index is 1.20. The molecule has 0 aliphatic carbocycles. The van der Waals surface area contributed by atoms with Gasteiger partial charge in [-0.15, -0.1) is 0 Å². The van der Waals surface area contributed by atoms with Crippen LogP contribution >= 0.6 is 0 Å². The van der Waals surface area contributed by atoms with Crippen molar-refractivity contribution in [3.05, 3.63) is 103 Å². The molecule has 0 saturated carbocycles. The minimum atomic E-state index is -0.430. The molecule has 7 nitrogen and oxygen atoms in total. The van der Waals surface area contributed by atoms with E-state index in [1.165, 1.54) is 5.56 Å². The maximum atomic E-state index is 6.01. The van der Waals surface area contributed by atoms with Crippen LogP contribution < -0.4 is 0 Å². The lowest BCUT2D eigenvalue weighted by molar-refractivity contribution is -0.0585. The summed E-state index contributed by atoms with van der Waals surface area (Å²) >= 11 is 0. The van der Waals surface area contributed by atoms with Gasteiger partial charge >= 0.3 is 0 Å². The normalized spacial score (nSPS) is 14.2. The van der Waals surface area contributed by atoms with Gasteiger partial charge in [0.05, 0.1) is 37.0 Å². The summed E-state index contributed by atoms with van der Waals surface area (Å²) in [6.45, 7) is 1.89. The first kappa shape index (κ1) is 21.0. The van der Waals surface area contributed by atoms with Gasteiger partial charge in [0.1, 0.15) is 5.76 Å². The fourth-order valence-electron chi connectivity index (χ4n) is 4.58. The number of aromatic nitrogens is 4. The van der Waals surface area contributed by atoms with Gasteiger partial charge in [-0.2, -0.15) is 5.10 Å². The van der Waals surface area contributed by atoms with Crippen LogP contribution in [-0.2, 0) is 16.0 Å². The molecule has 0 amide bonds. The van der Waals surface area contributed by atoms with Crippen molar-refractivity contribution in [3.63, 3.8) is 0 Å². The minimum absolute atomic E-state index is 0.430. The number of nitrogens with zero attached hydrogens (tertiary/aromatic N) is 4. The highest BCUT2D eigenvalue weighted by Gasteiger charge is 2.22. The molecule has 7 heteroatoms. The van der Waals surface area contributed by atoms with Crippen molar-refractivity contribution in [3.8, 4) is 22.7 Å². The van der Waals surface area contributed by atoms with Gasteiger partial charge in [-0.05, 0) is 42.0 Å². The van der Waals surface area contributed by atoms with E-state index in [9.17, 15) is 0 Å². The van der Waals surface area contributed by atoms with Crippen molar-refractivity contribution < 1.29 is 13.9 Å². The highest BCUT2D eigenvalue weighted by molar-refractivity contribution is 5.86. The fraction of sp³-hybridized carbons (Fsp3) is 0.138. The number of rotatable bonds is 5. The van der Waals surface area contributed by atoms with E-state index in [1.54, 1.807) is 0 Å². The van der Waals surface area contributed by atoms with Crippen LogP contribution in [0.25, 0.3) is 44.5 Å². The molecule has 0 N–H and O–H groups in total. The molecular weight excluding hydrogens is 452 g/mol. The second-order valence-electron chi connectivity index (χ2n) is 8.80.